The van der Waals surface area contributed by atoms with Crippen LogP contribution in [0.2, 0.25) is 0 Å². The second kappa shape index (κ2) is 11.8. The first kappa shape index (κ1) is 24.8. The van der Waals surface area contributed by atoms with Crippen LogP contribution in [0.5, 0.6) is 11.5 Å². The predicted octanol–water partition coefficient (Wildman–Crippen LogP) is 5.44. The van der Waals surface area contributed by atoms with Crippen molar-refractivity contribution in [2.24, 2.45) is 0 Å². The van der Waals surface area contributed by atoms with Crippen molar-refractivity contribution >= 4 is 18.4 Å². The molecule has 0 bridgehead atoms. The summed E-state index contributed by atoms with van der Waals surface area (Å²) < 4.78 is 12.0. The van der Waals surface area contributed by atoms with Gasteiger partial charge in [0, 0.05) is 17.0 Å². The number of carboxylic acid groups (broad SMARTS) is 1. The largest absolute Gasteiger partial charge is 0.493 e. The highest BCUT2D eigenvalue weighted by Gasteiger charge is 2.44. The van der Waals surface area contributed by atoms with Crippen molar-refractivity contribution in [3.05, 3.63) is 23.8 Å². The van der Waals surface area contributed by atoms with Gasteiger partial charge >= 0.3 is 5.97 Å². The zero-order valence-corrected chi connectivity index (χ0v) is 19.3. The fourth-order valence-electron chi connectivity index (χ4n) is 4.78. The molecule has 1 aromatic rings. The molecule has 6 heteroatoms. The van der Waals surface area contributed by atoms with Crippen molar-refractivity contribution in [3.63, 3.8) is 0 Å². The summed E-state index contributed by atoms with van der Waals surface area (Å²) in [4.78, 5) is 13.6. The summed E-state index contributed by atoms with van der Waals surface area (Å²) >= 11 is 0. The van der Waals surface area contributed by atoms with Gasteiger partial charge in [-0.05, 0) is 44.8 Å². The van der Waals surface area contributed by atoms with E-state index in [0.717, 1.165) is 50.5 Å². The van der Waals surface area contributed by atoms with Crippen LogP contribution in [-0.4, -0.2) is 48.3 Å². The van der Waals surface area contributed by atoms with E-state index < -0.39 is 5.97 Å². The van der Waals surface area contributed by atoms with E-state index >= 15 is 0 Å². The number of halogens is 1. The Bertz CT molecular complexity index is 673. The Kier molecular flexibility index (Phi) is 9.76. The van der Waals surface area contributed by atoms with Crippen molar-refractivity contribution in [2.45, 2.75) is 83.1 Å². The van der Waals surface area contributed by atoms with E-state index in [2.05, 4.69) is 24.0 Å². The molecule has 2 aliphatic heterocycles. The molecule has 170 valence electrons. The van der Waals surface area contributed by atoms with Gasteiger partial charge in [0.2, 0.25) is 0 Å². The van der Waals surface area contributed by atoms with E-state index in [1.165, 1.54) is 37.7 Å². The topological polar surface area (TPSA) is 59.0 Å². The normalized spacial score (nSPS) is 18.3. The number of hydrogen-bond acceptors (Lipinski definition) is 4. The molecule has 0 aromatic heterocycles. The standard InChI is InChI=1S/C24H37NO4.ClH/c1-3-5-6-7-8-9-16-28-19-10-11-20-22(17-19)29-18-24(20)12-14-25(15-13-24)21(4-2)23(26)27;/h10-11,17,21H,3-9,12-16,18H2,1-2H3,(H,26,27);1H. The number of aliphatic carboxylic acids is 1. The van der Waals surface area contributed by atoms with Crippen molar-refractivity contribution in [1.29, 1.82) is 0 Å². The zero-order chi connectivity index (χ0) is 20.7. The molecule has 2 heterocycles. The van der Waals surface area contributed by atoms with Gasteiger partial charge in [0.25, 0.3) is 0 Å². The van der Waals surface area contributed by atoms with Crippen LogP contribution in [0.4, 0.5) is 0 Å². The lowest BCUT2D eigenvalue weighted by molar-refractivity contribution is -0.144. The summed E-state index contributed by atoms with van der Waals surface area (Å²) in [5.41, 5.74) is 1.30. The van der Waals surface area contributed by atoms with Crippen molar-refractivity contribution in [1.82, 2.24) is 4.90 Å². The number of rotatable bonds is 11. The van der Waals surface area contributed by atoms with Gasteiger partial charge in [-0.15, -0.1) is 12.4 Å². The van der Waals surface area contributed by atoms with Crippen molar-refractivity contribution < 1.29 is 19.4 Å². The van der Waals surface area contributed by atoms with Gasteiger partial charge in [-0.25, -0.2) is 0 Å². The summed E-state index contributed by atoms with van der Waals surface area (Å²) in [6.45, 7) is 7.27. The third kappa shape index (κ3) is 5.82. The van der Waals surface area contributed by atoms with Crippen molar-refractivity contribution in [3.8, 4) is 11.5 Å². The van der Waals surface area contributed by atoms with Crippen LogP contribution in [0.1, 0.15) is 77.2 Å². The molecule has 0 saturated carbocycles. The lowest BCUT2D eigenvalue weighted by atomic mass is 9.74. The highest BCUT2D eigenvalue weighted by atomic mass is 35.5. The number of carboxylic acids is 1. The Hall–Kier alpha value is -1.46. The highest BCUT2D eigenvalue weighted by Crippen LogP contribution is 2.47. The van der Waals surface area contributed by atoms with E-state index in [-0.39, 0.29) is 23.9 Å². The number of likely N-dealkylation sites (tertiary alicyclic amines) is 1. The maximum atomic E-state index is 11.5. The summed E-state index contributed by atoms with van der Waals surface area (Å²) in [7, 11) is 0. The molecule has 2 aliphatic rings. The molecule has 1 fully saturated rings. The van der Waals surface area contributed by atoms with Gasteiger partial charge in [0.1, 0.15) is 17.5 Å². The zero-order valence-electron chi connectivity index (χ0n) is 18.5. The molecule has 1 unspecified atom stereocenters. The third-order valence-electron chi connectivity index (χ3n) is 6.66. The third-order valence-corrected chi connectivity index (χ3v) is 6.66. The molecule has 5 nitrogen and oxygen atoms in total. The molecular formula is C24H38ClNO4. The second-order valence-electron chi connectivity index (χ2n) is 8.64. The fourth-order valence-corrected chi connectivity index (χ4v) is 4.78. The second-order valence-corrected chi connectivity index (χ2v) is 8.64. The number of benzene rings is 1. The van der Waals surface area contributed by atoms with Crippen LogP contribution < -0.4 is 9.47 Å². The number of piperidine rings is 1. The number of hydrogen-bond donors (Lipinski definition) is 1. The average molecular weight is 440 g/mol. The Morgan fingerprint density at radius 2 is 1.87 bits per heavy atom. The van der Waals surface area contributed by atoms with Crippen LogP contribution in [0, 0.1) is 0 Å². The fraction of sp³-hybridized carbons (Fsp3) is 0.708. The van der Waals surface area contributed by atoms with E-state index in [1.807, 2.05) is 13.0 Å². The maximum absolute atomic E-state index is 11.5. The van der Waals surface area contributed by atoms with E-state index in [0.29, 0.717) is 13.0 Å². The SMILES string of the molecule is CCCCCCCCOc1ccc2c(c1)OCC21CCN(C(CC)C(=O)O)CC1.Cl. The molecule has 1 spiro atoms. The lowest BCUT2D eigenvalue weighted by Gasteiger charge is -2.40. The number of ether oxygens (including phenoxy) is 2. The Labute approximate surface area is 187 Å². The molecule has 0 radical (unpaired) electrons. The van der Waals surface area contributed by atoms with E-state index in [9.17, 15) is 9.90 Å². The predicted molar refractivity (Wildman–Crippen MR) is 122 cm³/mol. The molecule has 1 saturated heterocycles. The van der Waals surface area contributed by atoms with Gasteiger partial charge in [0.05, 0.1) is 13.2 Å². The molecule has 30 heavy (non-hydrogen) atoms. The minimum atomic E-state index is -0.710. The summed E-state index contributed by atoms with van der Waals surface area (Å²) in [5, 5.41) is 9.43. The molecule has 1 aromatic carbocycles. The summed E-state index contributed by atoms with van der Waals surface area (Å²) in [5.74, 6) is 1.13. The quantitative estimate of drug-likeness (QED) is 0.465. The smallest absolute Gasteiger partial charge is 0.320 e. The monoisotopic (exact) mass is 439 g/mol. The van der Waals surface area contributed by atoms with Crippen LogP contribution >= 0.6 is 12.4 Å². The first-order chi connectivity index (χ1) is 14.1. The van der Waals surface area contributed by atoms with Crippen LogP contribution in [0.15, 0.2) is 18.2 Å². The van der Waals surface area contributed by atoms with Gasteiger partial charge < -0.3 is 14.6 Å². The van der Waals surface area contributed by atoms with Crippen LogP contribution in [0.25, 0.3) is 0 Å². The minimum absolute atomic E-state index is 0. The number of carbonyl (C=O) groups is 1. The maximum Gasteiger partial charge on any atom is 0.320 e. The molecule has 3 rings (SSSR count). The molecule has 1 atom stereocenters. The summed E-state index contributed by atoms with van der Waals surface area (Å²) in [6.07, 6.45) is 10.1. The number of nitrogens with zero attached hydrogens (tertiary/aromatic N) is 1. The molecule has 1 N–H and O–H groups in total. The first-order valence-corrected chi connectivity index (χ1v) is 11.5. The van der Waals surface area contributed by atoms with Gasteiger partial charge in [-0.2, -0.15) is 0 Å². The molecule has 0 aliphatic carbocycles. The van der Waals surface area contributed by atoms with Gasteiger partial charge in [-0.3, -0.25) is 9.69 Å². The average Bonchev–Trinajstić information content (AvgIpc) is 3.07. The van der Waals surface area contributed by atoms with Crippen molar-refractivity contribution in [2.75, 3.05) is 26.3 Å². The van der Waals surface area contributed by atoms with Gasteiger partial charge in [-0.1, -0.05) is 52.0 Å². The number of fused-ring (bicyclic) bond motifs is 2. The Morgan fingerprint density at radius 3 is 2.53 bits per heavy atom. The molecular weight excluding hydrogens is 402 g/mol. The Balaban J connectivity index is 0.00000320. The molecule has 0 amide bonds. The number of unbranched alkanes of at least 4 members (excludes halogenated alkanes) is 5. The van der Waals surface area contributed by atoms with Gasteiger partial charge in [0.15, 0.2) is 0 Å². The first-order valence-electron chi connectivity index (χ1n) is 11.5. The Morgan fingerprint density at radius 1 is 1.17 bits per heavy atom. The van der Waals surface area contributed by atoms with E-state index in [4.69, 9.17) is 9.47 Å². The lowest BCUT2D eigenvalue weighted by Crippen LogP contribution is -2.50. The minimum Gasteiger partial charge on any atom is -0.493 e. The van der Waals surface area contributed by atoms with Crippen LogP contribution in [-0.2, 0) is 10.2 Å². The van der Waals surface area contributed by atoms with Crippen LogP contribution in [0.3, 0.4) is 0 Å². The van der Waals surface area contributed by atoms with E-state index in [1.54, 1.807) is 0 Å². The highest BCUT2D eigenvalue weighted by molar-refractivity contribution is 5.85. The summed E-state index contributed by atoms with van der Waals surface area (Å²) in [6, 6.07) is 5.92.